The molecule has 0 aromatic carbocycles. The summed E-state index contributed by atoms with van der Waals surface area (Å²) in [5.41, 5.74) is 1.90. The summed E-state index contributed by atoms with van der Waals surface area (Å²) in [7, 11) is 0. The molecule has 0 amide bonds. The van der Waals surface area contributed by atoms with Crippen molar-refractivity contribution < 1.29 is 0 Å². The predicted molar refractivity (Wildman–Crippen MR) is 41.8 cm³/mol. The van der Waals surface area contributed by atoms with Gasteiger partial charge in [-0.2, -0.15) is 0 Å². The maximum Gasteiger partial charge on any atom is 0.0538 e. The normalized spacial score (nSPS) is 10.8. The zero-order valence-electron chi connectivity index (χ0n) is 5.55. The lowest BCUT2D eigenvalue weighted by atomic mass is 10.3. The van der Waals surface area contributed by atoms with Crippen LogP contribution in [0.2, 0.25) is 0 Å². The Morgan fingerprint density at radius 2 is 2.38 bits per heavy atom. The number of nitrogens with zero attached hydrogens (tertiary/aromatic N) is 1. The molecule has 0 N–H and O–H groups in total. The monoisotopic (exact) mass is 131 g/mol. The second-order valence-corrected chi connectivity index (χ2v) is 2.28. The quantitative estimate of drug-likeness (QED) is 0.323. The summed E-state index contributed by atoms with van der Waals surface area (Å²) in [5, 5.41) is 0. The third kappa shape index (κ3) is 6.02. The van der Waals surface area contributed by atoms with Crippen LogP contribution in [-0.2, 0) is 0 Å². The van der Waals surface area contributed by atoms with E-state index < -0.39 is 0 Å². The van der Waals surface area contributed by atoms with Crippen LogP contribution in [0.5, 0.6) is 0 Å². The number of hydrogen-bond donors (Lipinski definition) is 0. The van der Waals surface area contributed by atoms with Crippen LogP contribution in [0.3, 0.4) is 0 Å². The van der Waals surface area contributed by atoms with Crippen molar-refractivity contribution in [2.45, 2.75) is 19.8 Å². The van der Waals surface area contributed by atoms with Crippen molar-refractivity contribution in [3.63, 3.8) is 0 Å². The average Bonchev–Trinajstić information content (AvgIpc) is 1.81. The van der Waals surface area contributed by atoms with Crippen molar-refractivity contribution in [2.24, 2.45) is 4.99 Å². The summed E-state index contributed by atoms with van der Waals surface area (Å²) >= 11 is 1.66. The first-order chi connectivity index (χ1) is 3.91. The van der Waals surface area contributed by atoms with Gasteiger partial charge in [0.15, 0.2) is 0 Å². The Bertz CT molecular complexity index is 61.5. The SMILES string of the molecule is CCCC/N=C/SC. The second-order valence-electron chi connectivity index (χ2n) is 1.60. The molecule has 0 fully saturated rings. The van der Waals surface area contributed by atoms with Gasteiger partial charge in [-0.3, -0.25) is 4.99 Å². The third-order valence-corrected chi connectivity index (χ3v) is 1.18. The zero-order valence-corrected chi connectivity index (χ0v) is 6.37. The Balaban J connectivity index is 2.80. The van der Waals surface area contributed by atoms with Crippen molar-refractivity contribution in [3.8, 4) is 0 Å². The Kier molecular flexibility index (Phi) is 7.04. The van der Waals surface area contributed by atoms with E-state index >= 15 is 0 Å². The summed E-state index contributed by atoms with van der Waals surface area (Å²) < 4.78 is 0. The molecule has 0 spiro atoms. The van der Waals surface area contributed by atoms with Gasteiger partial charge in [0.1, 0.15) is 0 Å². The molecule has 0 bridgehead atoms. The minimum absolute atomic E-state index is 0.997. The first-order valence-electron chi connectivity index (χ1n) is 2.93. The van der Waals surface area contributed by atoms with Gasteiger partial charge in [-0.25, -0.2) is 0 Å². The number of rotatable bonds is 4. The van der Waals surface area contributed by atoms with Crippen molar-refractivity contribution in [3.05, 3.63) is 0 Å². The first-order valence-corrected chi connectivity index (χ1v) is 4.21. The van der Waals surface area contributed by atoms with Gasteiger partial charge in [0.2, 0.25) is 0 Å². The molecule has 0 unspecified atom stereocenters. The molecule has 0 aromatic rings. The van der Waals surface area contributed by atoms with Crippen molar-refractivity contribution in [1.82, 2.24) is 0 Å². The lowest BCUT2D eigenvalue weighted by Crippen LogP contribution is -1.76. The van der Waals surface area contributed by atoms with E-state index in [1.165, 1.54) is 12.8 Å². The highest BCUT2D eigenvalue weighted by atomic mass is 32.2. The van der Waals surface area contributed by atoms with Crippen LogP contribution in [0.1, 0.15) is 19.8 Å². The predicted octanol–water partition coefficient (Wildman–Crippen LogP) is 2.18. The maximum atomic E-state index is 4.12. The molecule has 0 aliphatic carbocycles. The Morgan fingerprint density at radius 1 is 1.62 bits per heavy atom. The molecular weight excluding hydrogens is 118 g/mol. The van der Waals surface area contributed by atoms with E-state index in [0.717, 1.165) is 6.54 Å². The molecule has 0 radical (unpaired) electrons. The number of unbranched alkanes of at least 4 members (excludes halogenated alkanes) is 1. The highest BCUT2D eigenvalue weighted by Crippen LogP contribution is 1.88. The highest BCUT2D eigenvalue weighted by Gasteiger charge is 1.75. The van der Waals surface area contributed by atoms with Crippen LogP contribution in [0.4, 0.5) is 0 Å². The fraction of sp³-hybridized carbons (Fsp3) is 0.833. The summed E-state index contributed by atoms with van der Waals surface area (Å²) in [6.45, 7) is 3.17. The highest BCUT2D eigenvalue weighted by molar-refractivity contribution is 8.11. The molecule has 8 heavy (non-hydrogen) atoms. The van der Waals surface area contributed by atoms with Crippen LogP contribution in [0, 0.1) is 0 Å². The molecule has 0 heterocycles. The Morgan fingerprint density at radius 3 is 2.88 bits per heavy atom. The van der Waals surface area contributed by atoms with Crippen LogP contribution >= 0.6 is 11.8 Å². The number of thioether (sulfide) groups is 1. The van der Waals surface area contributed by atoms with Crippen LogP contribution in [0.25, 0.3) is 0 Å². The molecule has 2 heteroatoms. The fourth-order valence-corrected chi connectivity index (χ4v) is 0.631. The molecule has 0 saturated carbocycles. The van der Waals surface area contributed by atoms with E-state index in [2.05, 4.69) is 11.9 Å². The molecular formula is C6H13NS. The van der Waals surface area contributed by atoms with Gasteiger partial charge >= 0.3 is 0 Å². The van der Waals surface area contributed by atoms with Crippen LogP contribution < -0.4 is 0 Å². The largest absolute Gasteiger partial charge is 0.286 e. The first kappa shape index (κ1) is 8.02. The van der Waals surface area contributed by atoms with E-state index in [0.29, 0.717) is 0 Å². The van der Waals surface area contributed by atoms with Gasteiger partial charge in [-0.1, -0.05) is 13.3 Å². The Labute approximate surface area is 55.6 Å². The zero-order chi connectivity index (χ0) is 6.24. The smallest absolute Gasteiger partial charge is 0.0538 e. The third-order valence-electron chi connectivity index (χ3n) is 0.821. The molecule has 0 aliphatic heterocycles. The summed E-state index contributed by atoms with van der Waals surface area (Å²) in [5.74, 6) is 0. The average molecular weight is 131 g/mol. The fourth-order valence-electron chi connectivity index (χ4n) is 0.377. The molecule has 48 valence electrons. The van der Waals surface area contributed by atoms with E-state index in [9.17, 15) is 0 Å². The summed E-state index contributed by atoms with van der Waals surface area (Å²) in [6, 6.07) is 0. The van der Waals surface area contributed by atoms with Gasteiger partial charge < -0.3 is 0 Å². The van der Waals surface area contributed by atoms with E-state index in [-0.39, 0.29) is 0 Å². The molecule has 0 atom stereocenters. The maximum absolute atomic E-state index is 4.12. The Hall–Kier alpha value is 0.0200. The van der Waals surface area contributed by atoms with Crippen LogP contribution in [-0.4, -0.2) is 18.3 Å². The van der Waals surface area contributed by atoms with E-state index in [1.807, 2.05) is 11.8 Å². The van der Waals surface area contributed by atoms with Gasteiger partial charge in [-0.15, -0.1) is 11.8 Å². The summed E-state index contributed by atoms with van der Waals surface area (Å²) in [6.07, 6.45) is 4.48. The summed E-state index contributed by atoms with van der Waals surface area (Å²) in [4.78, 5) is 4.12. The molecule has 0 aliphatic rings. The number of hydrogen-bond acceptors (Lipinski definition) is 2. The van der Waals surface area contributed by atoms with E-state index in [4.69, 9.17) is 0 Å². The van der Waals surface area contributed by atoms with Gasteiger partial charge in [0.05, 0.1) is 5.55 Å². The molecule has 1 nitrogen and oxygen atoms in total. The number of aliphatic imine (C=N–C) groups is 1. The van der Waals surface area contributed by atoms with Crippen molar-refractivity contribution >= 4 is 17.3 Å². The van der Waals surface area contributed by atoms with Crippen molar-refractivity contribution in [2.75, 3.05) is 12.8 Å². The molecule has 0 saturated heterocycles. The minimum Gasteiger partial charge on any atom is -0.286 e. The second kappa shape index (κ2) is 7.02. The standard InChI is InChI=1S/C6H13NS/c1-3-4-5-7-6-8-2/h6H,3-5H2,1-2H3/b7-6+. The van der Waals surface area contributed by atoms with E-state index in [1.54, 1.807) is 11.8 Å². The lowest BCUT2D eigenvalue weighted by Gasteiger charge is -1.85. The van der Waals surface area contributed by atoms with Gasteiger partial charge in [0, 0.05) is 6.54 Å². The lowest BCUT2D eigenvalue weighted by molar-refractivity contribution is 0.811. The molecule has 0 rings (SSSR count). The van der Waals surface area contributed by atoms with Crippen molar-refractivity contribution in [1.29, 1.82) is 0 Å². The van der Waals surface area contributed by atoms with Crippen LogP contribution in [0.15, 0.2) is 4.99 Å². The van der Waals surface area contributed by atoms with Gasteiger partial charge in [0.25, 0.3) is 0 Å². The minimum atomic E-state index is 0.997. The van der Waals surface area contributed by atoms with Gasteiger partial charge in [-0.05, 0) is 12.7 Å². The molecule has 0 aromatic heterocycles. The topological polar surface area (TPSA) is 12.4 Å².